The molecule has 1 fully saturated rings. The van der Waals surface area contributed by atoms with Crippen molar-refractivity contribution >= 4 is 0 Å². The highest BCUT2D eigenvalue weighted by Gasteiger charge is 2.25. The smallest absolute Gasteiger partial charge is 0.140 e. The van der Waals surface area contributed by atoms with Crippen molar-refractivity contribution in [2.75, 3.05) is 13.2 Å². The second-order valence-electron chi connectivity index (χ2n) is 5.19. The van der Waals surface area contributed by atoms with Crippen molar-refractivity contribution in [1.29, 1.82) is 5.26 Å². The second kappa shape index (κ2) is 6.65. The van der Waals surface area contributed by atoms with Crippen molar-refractivity contribution in [3.05, 3.63) is 35.1 Å². The fourth-order valence-corrected chi connectivity index (χ4v) is 2.79. The first-order valence-electron chi connectivity index (χ1n) is 6.74. The Kier molecular flexibility index (Phi) is 4.89. The summed E-state index contributed by atoms with van der Waals surface area (Å²) in [5.74, 6) is 0.471. The van der Waals surface area contributed by atoms with E-state index in [2.05, 4.69) is 5.32 Å². The van der Waals surface area contributed by atoms with E-state index < -0.39 is 5.82 Å². The van der Waals surface area contributed by atoms with Gasteiger partial charge in [0.1, 0.15) is 11.9 Å². The molecule has 0 aromatic heterocycles. The van der Waals surface area contributed by atoms with Gasteiger partial charge in [-0.05, 0) is 48.9 Å². The molecule has 0 aliphatic heterocycles. The summed E-state index contributed by atoms with van der Waals surface area (Å²) in [6.07, 6.45) is 3.45. The Morgan fingerprint density at radius 3 is 2.89 bits per heavy atom. The molecule has 4 heteroatoms. The standard InChI is InChI=1S/C15H19FN2O/c16-15-5-4-11(6-14(15)7-17)8-18-9-12-2-1-3-13(12)10-19/h4-6,12-13,18-19H,1-3,8-10H2. The van der Waals surface area contributed by atoms with Crippen molar-refractivity contribution in [2.45, 2.75) is 25.8 Å². The van der Waals surface area contributed by atoms with Crippen LogP contribution in [0.15, 0.2) is 18.2 Å². The molecule has 2 rings (SSSR count). The number of halogens is 1. The number of benzene rings is 1. The van der Waals surface area contributed by atoms with Gasteiger partial charge in [0.2, 0.25) is 0 Å². The predicted molar refractivity (Wildman–Crippen MR) is 70.7 cm³/mol. The van der Waals surface area contributed by atoms with Crippen LogP contribution in [0.3, 0.4) is 0 Å². The Labute approximate surface area is 113 Å². The van der Waals surface area contributed by atoms with E-state index in [9.17, 15) is 9.50 Å². The quantitative estimate of drug-likeness (QED) is 0.855. The summed E-state index contributed by atoms with van der Waals surface area (Å²) in [7, 11) is 0. The highest BCUT2D eigenvalue weighted by Crippen LogP contribution is 2.30. The van der Waals surface area contributed by atoms with E-state index in [1.54, 1.807) is 12.1 Å². The van der Waals surface area contributed by atoms with Crippen LogP contribution in [0.4, 0.5) is 4.39 Å². The van der Waals surface area contributed by atoms with Crippen LogP contribution in [0.2, 0.25) is 0 Å². The van der Waals surface area contributed by atoms with E-state index in [-0.39, 0.29) is 12.2 Å². The normalized spacial score (nSPS) is 22.4. The highest BCUT2D eigenvalue weighted by atomic mass is 19.1. The number of aliphatic hydroxyl groups is 1. The number of aliphatic hydroxyl groups excluding tert-OH is 1. The molecule has 3 nitrogen and oxygen atoms in total. The van der Waals surface area contributed by atoms with Crippen LogP contribution >= 0.6 is 0 Å². The monoisotopic (exact) mass is 262 g/mol. The fraction of sp³-hybridized carbons (Fsp3) is 0.533. The van der Waals surface area contributed by atoms with Gasteiger partial charge >= 0.3 is 0 Å². The first-order valence-corrected chi connectivity index (χ1v) is 6.74. The Morgan fingerprint density at radius 2 is 2.16 bits per heavy atom. The summed E-state index contributed by atoms with van der Waals surface area (Å²) in [5, 5.41) is 21.4. The van der Waals surface area contributed by atoms with Crippen LogP contribution in [0, 0.1) is 29.0 Å². The second-order valence-corrected chi connectivity index (χ2v) is 5.19. The number of hydrogen-bond donors (Lipinski definition) is 2. The Morgan fingerprint density at radius 1 is 1.37 bits per heavy atom. The van der Waals surface area contributed by atoms with Gasteiger partial charge in [-0.15, -0.1) is 0 Å². The van der Waals surface area contributed by atoms with Gasteiger partial charge in [0.15, 0.2) is 0 Å². The van der Waals surface area contributed by atoms with Gasteiger partial charge in [-0.25, -0.2) is 4.39 Å². The van der Waals surface area contributed by atoms with Crippen molar-refractivity contribution in [1.82, 2.24) is 5.32 Å². The molecular formula is C15H19FN2O. The van der Waals surface area contributed by atoms with Crippen molar-refractivity contribution in [3.8, 4) is 6.07 Å². The lowest BCUT2D eigenvalue weighted by molar-refractivity contribution is 0.192. The van der Waals surface area contributed by atoms with E-state index in [0.29, 0.717) is 18.4 Å². The minimum absolute atomic E-state index is 0.0911. The molecule has 2 atom stereocenters. The topological polar surface area (TPSA) is 56.0 Å². The molecule has 1 aromatic rings. The lowest BCUT2D eigenvalue weighted by Gasteiger charge is -2.17. The van der Waals surface area contributed by atoms with Gasteiger partial charge in [0, 0.05) is 13.2 Å². The largest absolute Gasteiger partial charge is 0.396 e. The summed E-state index contributed by atoms with van der Waals surface area (Å²) in [4.78, 5) is 0. The Hall–Kier alpha value is -1.44. The van der Waals surface area contributed by atoms with Crippen molar-refractivity contribution < 1.29 is 9.50 Å². The highest BCUT2D eigenvalue weighted by molar-refractivity contribution is 5.34. The molecule has 0 spiro atoms. The molecule has 1 aromatic carbocycles. The van der Waals surface area contributed by atoms with Gasteiger partial charge < -0.3 is 10.4 Å². The number of nitrogens with one attached hydrogen (secondary N) is 1. The maximum Gasteiger partial charge on any atom is 0.140 e. The lowest BCUT2D eigenvalue weighted by Crippen LogP contribution is -2.26. The molecule has 102 valence electrons. The van der Waals surface area contributed by atoms with E-state index in [1.165, 1.54) is 12.5 Å². The minimum Gasteiger partial charge on any atom is -0.396 e. The molecule has 1 saturated carbocycles. The number of hydrogen-bond acceptors (Lipinski definition) is 3. The molecule has 2 N–H and O–H groups in total. The molecule has 2 unspecified atom stereocenters. The number of nitrogens with zero attached hydrogens (tertiary/aromatic N) is 1. The minimum atomic E-state index is -0.470. The molecule has 0 amide bonds. The van der Waals surface area contributed by atoms with Crippen LogP contribution in [0.25, 0.3) is 0 Å². The van der Waals surface area contributed by atoms with Gasteiger partial charge in [0.25, 0.3) is 0 Å². The molecule has 0 radical (unpaired) electrons. The zero-order valence-electron chi connectivity index (χ0n) is 10.9. The third-order valence-corrected chi connectivity index (χ3v) is 3.94. The first-order chi connectivity index (χ1) is 9.24. The van der Waals surface area contributed by atoms with Crippen LogP contribution < -0.4 is 5.32 Å². The average molecular weight is 262 g/mol. The van der Waals surface area contributed by atoms with Crippen LogP contribution in [0.5, 0.6) is 0 Å². The van der Waals surface area contributed by atoms with Crippen LogP contribution in [-0.2, 0) is 6.54 Å². The molecule has 0 saturated heterocycles. The zero-order chi connectivity index (χ0) is 13.7. The van der Waals surface area contributed by atoms with E-state index in [4.69, 9.17) is 5.26 Å². The lowest BCUT2D eigenvalue weighted by atomic mass is 9.97. The van der Waals surface area contributed by atoms with Gasteiger partial charge in [-0.1, -0.05) is 12.5 Å². The SMILES string of the molecule is N#Cc1cc(CNCC2CCCC2CO)ccc1F. The van der Waals surface area contributed by atoms with Crippen LogP contribution in [0.1, 0.15) is 30.4 Å². The number of nitriles is 1. The fourth-order valence-electron chi connectivity index (χ4n) is 2.79. The van der Waals surface area contributed by atoms with Crippen molar-refractivity contribution in [3.63, 3.8) is 0 Å². The summed E-state index contributed by atoms with van der Waals surface area (Å²) in [6.45, 7) is 1.76. The molecule has 0 heterocycles. The summed E-state index contributed by atoms with van der Waals surface area (Å²) < 4.78 is 13.2. The molecule has 1 aliphatic rings. The predicted octanol–water partition coefficient (Wildman–Crippen LogP) is 2.20. The van der Waals surface area contributed by atoms with Gasteiger partial charge in [-0.3, -0.25) is 0 Å². The van der Waals surface area contributed by atoms with Crippen molar-refractivity contribution in [2.24, 2.45) is 11.8 Å². The maximum absolute atomic E-state index is 13.2. The Balaban J connectivity index is 1.84. The molecular weight excluding hydrogens is 243 g/mol. The van der Waals surface area contributed by atoms with E-state index >= 15 is 0 Å². The zero-order valence-corrected chi connectivity index (χ0v) is 10.9. The van der Waals surface area contributed by atoms with Crippen LogP contribution in [-0.4, -0.2) is 18.3 Å². The Bertz CT molecular complexity index is 470. The third kappa shape index (κ3) is 3.52. The van der Waals surface area contributed by atoms with E-state index in [0.717, 1.165) is 24.9 Å². The molecule has 1 aliphatic carbocycles. The summed E-state index contributed by atoms with van der Waals surface area (Å²) >= 11 is 0. The molecule has 0 bridgehead atoms. The summed E-state index contributed by atoms with van der Waals surface area (Å²) in [5.41, 5.74) is 1.00. The van der Waals surface area contributed by atoms with Gasteiger partial charge in [0.05, 0.1) is 5.56 Å². The molecule has 19 heavy (non-hydrogen) atoms. The third-order valence-electron chi connectivity index (χ3n) is 3.94. The van der Waals surface area contributed by atoms with E-state index in [1.807, 2.05) is 6.07 Å². The summed E-state index contributed by atoms with van der Waals surface area (Å²) in [6, 6.07) is 6.46. The average Bonchev–Trinajstić information content (AvgIpc) is 2.88. The number of rotatable bonds is 5. The van der Waals surface area contributed by atoms with Gasteiger partial charge in [-0.2, -0.15) is 5.26 Å². The maximum atomic E-state index is 13.2. The first kappa shape index (κ1) is 14.0.